The maximum absolute atomic E-state index is 13.8. The lowest BCUT2D eigenvalue weighted by atomic mass is 9.77. The van der Waals surface area contributed by atoms with Crippen LogP contribution in [0.15, 0.2) is 42.7 Å². The largest absolute Gasteiger partial charge is 0.455 e. The molecule has 29 heavy (non-hydrogen) atoms. The number of imidazole rings is 1. The Bertz CT molecular complexity index is 1100. The smallest absolute Gasteiger partial charge is 0.239 e. The standard InChI is InChI=1S/C22H23FN4O2/c1-26-11-17(15-8-9-24-19(15)22(26)28)16-6-7-18-20(25-12-27(18)2)21(16)29-14-5-3-4-13(23)10-14/h3-7,10,12,15,17,19,24H,8-9,11H2,1-2H3. The first kappa shape index (κ1) is 18.1. The molecule has 2 aliphatic rings. The molecule has 1 amide bonds. The van der Waals surface area contributed by atoms with Crippen molar-refractivity contribution < 1.29 is 13.9 Å². The van der Waals surface area contributed by atoms with Crippen molar-refractivity contribution in [3.05, 3.63) is 54.1 Å². The number of carbonyl (C=O) groups is 1. The van der Waals surface area contributed by atoms with Crippen LogP contribution in [-0.4, -0.2) is 46.5 Å². The molecule has 0 aliphatic carbocycles. The lowest BCUT2D eigenvalue weighted by Gasteiger charge is -2.39. The van der Waals surface area contributed by atoms with Gasteiger partial charge in [0.15, 0.2) is 5.75 Å². The first-order valence-corrected chi connectivity index (χ1v) is 9.88. The fourth-order valence-electron chi connectivity index (χ4n) is 4.75. The van der Waals surface area contributed by atoms with Crippen molar-refractivity contribution in [3.8, 4) is 11.5 Å². The first-order valence-electron chi connectivity index (χ1n) is 9.88. The van der Waals surface area contributed by atoms with E-state index >= 15 is 0 Å². The van der Waals surface area contributed by atoms with Crippen LogP contribution in [0, 0.1) is 11.7 Å². The van der Waals surface area contributed by atoms with Crippen molar-refractivity contribution in [1.82, 2.24) is 19.8 Å². The third-order valence-corrected chi connectivity index (χ3v) is 6.20. The van der Waals surface area contributed by atoms with E-state index in [2.05, 4.69) is 16.4 Å². The highest BCUT2D eigenvalue weighted by Gasteiger charge is 2.45. The van der Waals surface area contributed by atoms with Gasteiger partial charge in [-0.15, -0.1) is 0 Å². The fourth-order valence-corrected chi connectivity index (χ4v) is 4.75. The van der Waals surface area contributed by atoms with Crippen LogP contribution in [0.3, 0.4) is 0 Å². The molecule has 150 valence electrons. The Balaban J connectivity index is 1.64. The summed E-state index contributed by atoms with van der Waals surface area (Å²) in [5.41, 5.74) is 2.70. The number of likely N-dealkylation sites (N-methyl/N-ethyl adjacent to an activating group) is 1. The van der Waals surface area contributed by atoms with Gasteiger partial charge in [-0.05, 0) is 37.1 Å². The lowest BCUT2D eigenvalue weighted by Crippen LogP contribution is -2.52. The Labute approximate surface area is 168 Å². The van der Waals surface area contributed by atoms with Gasteiger partial charge in [-0.3, -0.25) is 4.79 Å². The van der Waals surface area contributed by atoms with Gasteiger partial charge in [-0.2, -0.15) is 0 Å². The van der Waals surface area contributed by atoms with E-state index in [0.717, 1.165) is 29.6 Å². The number of rotatable bonds is 3. The van der Waals surface area contributed by atoms with Crippen molar-refractivity contribution in [3.63, 3.8) is 0 Å². The molecule has 1 N–H and O–H groups in total. The summed E-state index contributed by atoms with van der Waals surface area (Å²) in [7, 11) is 3.78. The van der Waals surface area contributed by atoms with Crippen LogP contribution in [0.5, 0.6) is 11.5 Å². The van der Waals surface area contributed by atoms with Crippen molar-refractivity contribution in [2.75, 3.05) is 20.1 Å². The molecule has 0 spiro atoms. The van der Waals surface area contributed by atoms with E-state index in [4.69, 9.17) is 4.74 Å². The molecule has 3 aromatic rings. The summed E-state index contributed by atoms with van der Waals surface area (Å²) in [6.45, 7) is 1.46. The number of nitrogens with one attached hydrogen (secondary N) is 1. The Morgan fingerprint density at radius 3 is 2.93 bits per heavy atom. The molecule has 0 radical (unpaired) electrons. The van der Waals surface area contributed by atoms with Crippen molar-refractivity contribution in [2.45, 2.75) is 18.4 Å². The molecule has 0 bridgehead atoms. The summed E-state index contributed by atoms with van der Waals surface area (Å²) in [4.78, 5) is 18.9. The Hall–Kier alpha value is -2.93. The number of aryl methyl sites for hydroxylation is 1. The monoisotopic (exact) mass is 394 g/mol. The van der Waals surface area contributed by atoms with E-state index < -0.39 is 0 Å². The van der Waals surface area contributed by atoms with E-state index in [9.17, 15) is 9.18 Å². The van der Waals surface area contributed by atoms with Gasteiger partial charge in [0.2, 0.25) is 5.91 Å². The van der Waals surface area contributed by atoms with Gasteiger partial charge >= 0.3 is 0 Å². The molecule has 6 nitrogen and oxygen atoms in total. The highest BCUT2D eigenvalue weighted by Crippen LogP contribution is 2.44. The van der Waals surface area contributed by atoms with E-state index in [1.54, 1.807) is 23.4 Å². The first-order chi connectivity index (χ1) is 14.0. The summed E-state index contributed by atoms with van der Waals surface area (Å²) < 4.78 is 21.9. The molecule has 1 aromatic heterocycles. The predicted molar refractivity (Wildman–Crippen MR) is 107 cm³/mol. The summed E-state index contributed by atoms with van der Waals surface area (Å²) in [5.74, 6) is 1.20. The van der Waals surface area contributed by atoms with Gasteiger partial charge in [0, 0.05) is 38.2 Å². The second kappa shape index (κ2) is 6.84. The van der Waals surface area contributed by atoms with Gasteiger partial charge in [0.05, 0.1) is 17.9 Å². The molecular weight excluding hydrogens is 371 g/mol. The fraction of sp³-hybridized carbons (Fsp3) is 0.364. The van der Waals surface area contributed by atoms with Crippen LogP contribution in [-0.2, 0) is 11.8 Å². The number of likely N-dealkylation sites (tertiary alicyclic amines) is 1. The number of amides is 1. The molecule has 2 fully saturated rings. The van der Waals surface area contributed by atoms with E-state index in [1.165, 1.54) is 12.1 Å². The summed E-state index contributed by atoms with van der Waals surface area (Å²) in [6.07, 6.45) is 2.69. The molecule has 3 unspecified atom stereocenters. The predicted octanol–water partition coefficient (Wildman–Crippen LogP) is 3.04. The number of halogens is 1. The van der Waals surface area contributed by atoms with Crippen LogP contribution in [0.2, 0.25) is 0 Å². The average Bonchev–Trinajstić information content (AvgIpc) is 3.33. The zero-order valence-corrected chi connectivity index (χ0v) is 16.4. The zero-order valence-electron chi connectivity index (χ0n) is 16.4. The van der Waals surface area contributed by atoms with Crippen molar-refractivity contribution in [2.24, 2.45) is 13.0 Å². The molecule has 3 heterocycles. The molecule has 3 atom stereocenters. The van der Waals surface area contributed by atoms with Crippen LogP contribution in [0.4, 0.5) is 4.39 Å². The van der Waals surface area contributed by atoms with Gasteiger partial charge in [-0.25, -0.2) is 9.37 Å². The summed E-state index contributed by atoms with van der Waals surface area (Å²) >= 11 is 0. The number of carbonyl (C=O) groups excluding carboxylic acids is 1. The zero-order chi connectivity index (χ0) is 20.1. The Morgan fingerprint density at radius 2 is 2.10 bits per heavy atom. The number of nitrogens with zero attached hydrogens (tertiary/aromatic N) is 3. The summed E-state index contributed by atoms with van der Waals surface area (Å²) in [5, 5.41) is 3.36. The van der Waals surface area contributed by atoms with Gasteiger partial charge in [-0.1, -0.05) is 12.1 Å². The molecule has 7 heteroatoms. The molecular formula is C22H23FN4O2. The SMILES string of the molecule is CN1CC(c2ccc3c(ncn3C)c2Oc2cccc(F)c2)C2CCNC2C1=O. The van der Waals surface area contributed by atoms with Crippen molar-refractivity contribution >= 4 is 16.9 Å². The number of hydrogen-bond acceptors (Lipinski definition) is 4. The van der Waals surface area contributed by atoms with Gasteiger partial charge in [0.1, 0.15) is 17.1 Å². The van der Waals surface area contributed by atoms with E-state index in [-0.39, 0.29) is 29.6 Å². The normalized spacial score (nSPS) is 24.2. The second-order valence-electron chi connectivity index (χ2n) is 7.98. The third kappa shape index (κ3) is 2.97. The Morgan fingerprint density at radius 1 is 1.24 bits per heavy atom. The van der Waals surface area contributed by atoms with Gasteiger partial charge < -0.3 is 19.5 Å². The van der Waals surface area contributed by atoms with Crippen LogP contribution in [0.25, 0.3) is 11.0 Å². The quantitative estimate of drug-likeness (QED) is 0.742. The number of fused-ring (bicyclic) bond motifs is 2. The minimum absolute atomic E-state index is 0.118. The van der Waals surface area contributed by atoms with Crippen LogP contribution >= 0.6 is 0 Å². The average molecular weight is 394 g/mol. The second-order valence-corrected chi connectivity index (χ2v) is 7.98. The van der Waals surface area contributed by atoms with E-state index in [0.29, 0.717) is 18.0 Å². The highest BCUT2D eigenvalue weighted by molar-refractivity contribution is 5.86. The summed E-state index contributed by atoms with van der Waals surface area (Å²) in [6, 6.07) is 10.1. The molecule has 2 aliphatic heterocycles. The van der Waals surface area contributed by atoms with Crippen LogP contribution < -0.4 is 10.1 Å². The number of ether oxygens (including phenoxy) is 1. The maximum Gasteiger partial charge on any atom is 0.239 e. The Kier molecular flexibility index (Phi) is 4.28. The number of benzene rings is 2. The van der Waals surface area contributed by atoms with Gasteiger partial charge in [0.25, 0.3) is 0 Å². The molecule has 2 saturated heterocycles. The number of aromatic nitrogens is 2. The number of hydrogen-bond donors (Lipinski definition) is 1. The van der Waals surface area contributed by atoms with Crippen LogP contribution in [0.1, 0.15) is 17.9 Å². The minimum Gasteiger partial charge on any atom is -0.455 e. The maximum atomic E-state index is 13.8. The minimum atomic E-state index is -0.347. The van der Waals surface area contributed by atoms with Crippen molar-refractivity contribution in [1.29, 1.82) is 0 Å². The number of piperidine rings is 1. The molecule has 0 saturated carbocycles. The topological polar surface area (TPSA) is 59.4 Å². The molecule has 2 aromatic carbocycles. The molecule has 5 rings (SSSR count). The lowest BCUT2D eigenvalue weighted by molar-refractivity contribution is -0.136. The highest BCUT2D eigenvalue weighted by atomic mass is 19.1. The third-order valence-electron chi connectivity index (χ3n) is 6.20. The van der Waals surface area contributed by atoms with E-state index in [1.807, 2.05) is 24.7 Å².